The first-order valence-corrected chi connectivity index (χ1v) is 17.8. The van der Waals surface area contributed by atoms with Gasteiger partial charge in [-0.05, 0) is 69.4 Å². The van der Waals surface area contributed by atoms with Gasteiger partial charge in [-0.3, -0.25) is 9.97 Å². The summed E-state index contributed by atoms with van der Waals surface area (Å²) in [4.78, 5) is 10.1. The fraction of sp³-hybridized carbons (Fsp3) is 0. The van der Waals surface area contributed by atoms with Gasteiger partial charge in [0.05, 0.1) is 20.4 Å². The van der Waals surface area contributed by atoms with Crippen LogP contribution in [0.4, 0.5) is 0 Å². The van der Waals surface area contributed by atoms with Crippen molar-refractivity contribution in [3.05, 3.63) is 146 Å². The third-order valence-corrected chi connectivity index (χ3v) is 12.3. The van der Waals surface area contributed by atoms with E-state index in [0.717, 1.165) is 11.0 Å². The van der Waals surface area contributed by atoms with Crippen LogP contribution in [0.25, 0.3) is 106 Å². The minimum Gasteiger partial charge on any atom is -0.255 e. The highest BCUT2D eigenvalue weighted by Gasteiger charge is 2.22. The standard InChI is InChI=1S/C44H24N2S2/c1-3-11-25(12-4-1)31-23-33-37-29-15-7-20-36-40(29)38(30-16-8-19-35(39(30)37)47-43(33)41-27(31)17-9-21-45-41)34-24-32(26-13-5-2-6-14-26)28-18-10-22-46-42(28)44(34)48-36/h1-24H. The minimum atomic E-state index is 1.06. The van der Waals surface area contributed by atoms with Crippen LogP contribution in [-0.4, -0.2) is 9.97 Å². The Morgan fingerprint density at radius 2 is 0.792 bits per heavy atom. The summed E-state index contributed by atoms with van der Waals surface area (Å²) in [6, 6.07) is 48.6. The molecule has 0 N–H and O–H groups in total. The number of benzene rings is 7. The molecular formula is C44H24N2S2. The van der Waals surface area contributed by atoms with Crippen molar-refractivity contribution in [2.24, 2.45) is 0 Å². The third kappa shape index (κ3) is 3.56. The lowest BCUT2D eigenvalue weighted by Gasteiger charge is -2.19. The Morgan fingerprint density at radius 1 is 0.354 bits per heavy atom. The van der Waals surface area contributed by atoms with Crippen LogP contribution in [-0.2, 0) is 0 Å². The Morgan fingerprint density at radius 3 is 1.25 bits per heavy atom. The molecular weight excluding hydrogens is 621 g/mol. The molecule has 0 unspecified atom stereocenters. The number of pyridine rings is 2. The first-order valence-electron chi connectivity index (χ1n) is 16.2. The third-order valence-electron chi connectivity index (χ3n) is 9.92. The number of hydrogen-bond donors (Lipinski definition) is 0. The molecule has 11 aromatic rings. The number of aromatic nitrogens is 2. The van der Waals surface area contributed by atoms with Gasteiger partial charge in [0.25, 0.3) is 0 Å². The molecule has 0 saturated heterocycles. The molecule has 7 aromatic carbocycles. The maximum atomic E-state index is 5.03. The predicted molar refractivity (Wildman–Crippen MR) is 209 cm³/mol. The quantitative estimate of drug-likeness (QED) is 0.138. The second-order valence-electron chi connectivity index (χ2n) is 12.4. The van der Waals surface area contributed by atoms with Crippen LogP contribution < -0.4 is 0 Å². The van der Waals surface area contributed by atoms with Gasteiger partial charge >= 0.3 is 0 Å². The minimum absolute atomic E-state index is 1.06. The number of rotatable bonds is 2. The first-order chi connectivity index (χ1) is 23.8. The molecule has 0 radical (unpaired) electrons. The van der Waals surface area contributed by atoms with Crippen LogP contribution in [0.3, 0.4) is 0 Å². The van der Waals surface area contributed by atoms with Crippen LogP contribution in [0.15, 0.2) is 146 Å². The fourth-order valence-corrected chi connectivity index (χ4v) is 10.4. The van der Waals surface area contributed by atoms with E-state index in [4.69, 9.17) is 9.97 Å². The SMILES string of the molecule is c1ccc(-c2cc3c(sc4cccc5c4c3c3cccc4sc6c(cc(-c7ccccc7)c7cccnc76)c5c43)c3ncccc23)cc1. The molecule has 4 heterocycles. The van der Waals surface area contributed by atoms with E-state index in [1.54, 1.807) is 0 Å². The average molecular weight is 645 g/mol. The molecule has 11 rings (SSSR count). The molecule has 0 aliphatic rings. The Hall–Kier alpha value is -5.68. The monoisotopic (exact) mass is 644 g/mol. The second-order valence-corrected chi connectivity index (χ2v) is 14.5. The summed E-state index contributed by atoms with van der Waals surface area (Å²) in [6.07, 6.45) is 3.86. The summed E-state index contributed by atoms with van der Waals surface area (Å²) >= 11 is 3.72. The van der Waals surface area contributed by atoms with E-state index in [1.807, 2.05) is 35.1 Å². The van der Waals surface area contributed by atoms with Crippen molar-refractivity contribution >= 4 is 106 Å². The van der Waals surface area contributed by atoms with Gasteiger partial charge in [-0.15, -0.1) is 22.7 Å². The van der Waals surface area contributed by atoms with E-state index < -0.39 is 0 Å². The Kier molecular flexibility index (Phi) is 5.45. The summed E-state index contributed by atoms with van der Waals surface area (Å²) < 4.78 is 5.02. The largest absolute Gasteiger partial charge is 0.255 e. The Labute approximate surface area is 283 Å². The van der Waals surface area contributed by atoms with E-state index in [2.05, 4.69) is 133 Å². The molecule has 2 nitrogen and oxygen atoms in total. The van der Waals surface area contributed by atoms with Crippen molar-refractivity contribution in [1.82, 2.24) is 9.97 Å². The van der Waals surface area contributed by atoms with E-state index in [9.17, 15) is 0 Å². The van der Waals surface area contributed by atoms with Crippen LogP contribution in [0.1, 0.15) is 0 Å². The molecule has 0 saturated carbocycles. The average Bonchev–Trinajstić information content (AvgIpc) is 3.16. The van der Waals surface area contributed by atoms with Gasteiger partial charge in [0, 0.05) is 64.9 Å². The van der Waals surface area contributed by atoms with E-state index in [1.165, 1.54) is 94.9 Å². The van der Waals surface area contributed by atoms with Crippen molar-refractivity contribution in [3.8, 4) is 22.3 Å². The first kappa shape index (κ1) is 26.4. The van der Waals surface area contributed by atoms with Crippen LogP contribution in [0.5, 0.6) is 0 Å². The zero-order valence-corrected chi connectivity index (χ0v) is 27.2. The van der Waals surface area contributed by atoms with Gasteiger partial charge in [0.1, 0.15) is 0 Å². The van der Waals surface area contributed by atoms with Crippen LogP contribution in [0.2, 0.25) is 0 Å². The Bertz CT molecular complexity index is 2890. The van der Waals surface area contributed by atoms with Gasteiger partial charge in [-0.1, -0.05) is 97.1 Å². The van der Waals surface area contributed by atoms with E-state index in [-0.39, 0.29) is 0 Å². The highest BCUT2D eigenvalue weighted by Crippen LogP contribution is 2.51. The van der Waals surface area contributed by atoms with Crippen molar-refractivity contribution < 1.29 is 0 Å². The smallest absolute Gasteiger partial charge is 0.0886 e. The zero-order chi connectivity index (χ0) is 31.3. The lowest BCUT2D eigenvalue weighted by Crippen LogP contribution is -1.92. The number of nitrogens with zero attached hydrogens (tertiary/aromatic N) is 2. The number of hydrogen-bond acceptors (Lipinski definition) is 4. The molecule has 0 bridgehead atoms. The highest BCUT2D eigenvalue weighted by molar-refractivity contribution is 7.26. The molecule has 0 atom stereocenters. The topological polar surface area (TPSA) is 25.8 Å². The maximum Gasteiger partial charge on any atom is 0.0886 e. The van der Waals surface area contributed by atoms with Gasteiger partial charge in [-0.2, -0.15) is 0 Å². The predicted octanol–water partition coefficient (Wildman–Crippen LogP) is 13.2. The summed E-state index contributed by atoms with van der Waals surface area (Å²) in [5, 5.41) is 12.7. The molecule has 0 amide bonds. The summed E-state index contributed by atoms with van der Waals surface area (Å²) in [5.74, 6) is 0. The van der Waals surface area contributed by atoms with Gasteiger partial charge in [-0.25, -0.2) is 0 Å². The van der Waals surface area contributed by atoms with Crippen molar-refractivity contribution in [2.75, 3.05) is 0 Å². The van der Waals surface area contributed by atoms with Gasteiger partial charge in [0.15, 0.2) is 0 Å². The summed E-state index contributed by atoms with van der Waals surface area (Å²) in [6.45, 7) is 0. The number of fused-ring (bicyclic) bond motifs is 10. The molecule has 48 heavy (non-hydrogen) atoms. The van der Waals surface area contributed by atoms with E-state index in [0.29, 0.717) is 0 Å². The van der Waals surface area contributed by atoms with Gasteiger partial charge < -0.3 is 0 Å². The normalized spacial score (nSPS) is 12.2. The molecule has 0 aliphatic carbocycles. The van der Waals surface area contributed by atoms with Crippen molar-refractivity contribution in [2.45, 2.75) is 0 Å². The van der Waals surface area contributed by atoms with E-state index >= 15 is 0 Å². The molecule has 0 spiro atoms. The Balaban J connectivity index is 1.41. The second kappa shape index (κ2) is 9.91. The zero-order valence-electron chi connectivity index (χ0n) is 25.6. The fourth-order valence-electron chi connectivity index (χ4n) is 7.94. The maximum absolute atomic E-state index is 5.03. The summed E-state index contributed by atoms with van der Waals surface area (Å²) in [7, 11) is 0. The molecule has 222 valence electrons. The highest BCUT2D eigenvalue weighted by atomic mass is 32.1. The molecule has 0 fully saturated rings. The van der Waals surface area contributed by atoms with Gasteiger partial charge in [0.2, 0.25) is 0 Å². The molecule has 4 heteroatoms. The lowest BCUT2D eigenvalue weighted by atomic mass is 9.89. The lowest BCUT2D eigenvalue weighted by molar-refractivity contribution is 1.43. The summed E-state index contributed by atoms with van der Waals surface area (Å²) in [5.41, 5.74) is 6.97. The molecule has 4 aromatic heterocycles. The van der Waals surface area contributed by atoms with Crippen LogP contribution >= 0.6 is 22.7 Å². The molecule has 0 aliphatic heterocycles. The van der Waals surface area contributed by atoms with Crippen LogP contribution in [0, 0.1) is 0 Å². The van der Waals surface area contributed by atoms with Crippen molar-refractivity contribution in [3.63, 3.8) is 0 Å². The van der Waals surface area contributed by atoms with Crippen molar-refractivity contribution in [1.29, 1.82) is 0 Å².